The number of benzene rings is 1. The average molecular weight is 290 g/mol. The zero-order chi connectivity index (χ0) is 15.2. The van der Waals surface area contributed by atoms with E-state index >= 15 is 0 Å². The van der Waals surface area contributed by atoms with Crippen molar-refractivity contribution in [3.8, 4) is 5.75 Å². The summed E-state index contributed by atoms with van der Waals surface area (Å²) in [5, 5.41) is 0. The Bertz CT molecular complexity index is 418. The Balaban J connectivity index is 1.82. The number of methoxy groups -OCH3 is 1. The fourth-order valence-corrected chi connectivity index (χ4v) is 3.26. The molecule has 1 aromatic rings. The Morgan fingerprint density at radius 3 is 2.67 bits per heavy atom. The van der Waals surface area contributed by atoms with Gasteiger partial charge in [0, 0.05) is 18.6 Å². The number of nitrogens with two attached hydrogens (primary N) is 1. The first-order valence-corrected chi connectivity index (χ1v) is 8.26. The maximum absolute atomic E-state index is 6.21. The first-order valence-electron chi connectivity index (χ1n) is 8.26. The van der Waals surface area contributed by atoms with Crippen molar-refractivity contribution < 1.29 is 4.74 Å². The molecule has 3 atom stereocenters. The molecule has 0 saturated carbocycles. The number of likely N-dealkylation sites (tertiary alicyclic amines) is 1. The van der Waals surface area contributed by atoms with E-state index in [0.29, 0.717) is 18.0 Å². The second-order valence-corrected chi connectivity index (χ2v) is 6.35. The van der Waals surface area contributed by atoms with Crippen LogP contribution in [0.25, 0.3) is 0 Å². The number of rotatable bonds is 6. The normalized spacial score (nSPS) is 24.8. The minimum absolute atomic E-state index is 0.403. The summed E-state index contributed by atoms with van der Waals surface area (Å²) < 4.78 is 5.20. The second-order valence-electron chi connectivity index (χ2n) is 6.35. The summed E-state index contributed by atoms with van der Waals surface area (Å²) in [5.74, 6) is 1.60. The molecule has 118 valence electrons. The lowest BCUT2D eigenvalue weighted by Crippen LogP contribution is -2.49. The second kappa shape index (κ2) is 7.81. The van der Waals surface area contributed by atoms with Crippen LogP contribution in [0.1, 0.15) is 38.7 Å². The summed E-state index contributed by atoms with van der Waals surface area (Å²) in [6.45, 7) is 6.94. The number of hydrogen-bond donors (Lipinski definition) is 1. The predicted octanol–water partition coefficient (Wildman–Crippen LogP) is 3.08. The van der Waals surface area contributed by atoms with Gasteiger partial charge in [-0.25, -0.2) is 0 Å². The van der Waals surface area contributed by atoms with Crippen molar-refractivity contribution in [2.75, 3.05) is 20.2 Å². The largest absolute Gasteiger partial charge is 0.497 e. The van der Waals surface area contributed by atoms with Gasteiger partial charge in [0.25, 0.3) is 0 Å². The highest BCUT2D eigenvalue weighted by atomic mass is 16.5. The smallest absolute Gasteiger partial charge is 0.118 e. The summed E-state index contributed by atoms with van der Waals surface area (Å²) in [7, 11) is 1.71. The van der Waals surface area contributed by atoms with Gasteiger partial charge in [-0.15, -0.1) is 0 Å². The highest BCUT2D eigenvalue weighted by Gasteiger charge is 2.27. The molecule has 0 radical (unpaired) electrons. The molecule has 2 rings (SSSR count). The maximum Gasteiger partial charge on any atom is 0.118 e. The van der Waals surface area contributed by atoms with Crippen LogP contribution in [0.5, 0.6) is 5.75 Å². The van der Waals surface area contributed by atoms with Gasteiger partial charge in [-0.3, -0.25) is 0 Å². The Morgan fingerprint density at radius 2 is 2.05 bits per heavy atom. The van der Waals surface area contributed by atoms with Crippen LogP contribution >= 0.6 is 0 Å². The molecule has 0 aromatic heterocycles. The third kappa shape index (κ3) is 4.45. The Kier molecular flexibility index (Phi) is 6.07. The van der Waals surface area contributed by atoms with Crippen LogP contribution in [0.2, 0.25) is 0 Å². The molecule has 3 nitrogen and oxygen atoms in total. The van der Waals surface area contributed by atoms with Crippen LogP contribution in [0.15, 0.2) is 24.3 Å². The van der Waals surface area contributed by atoms with Crippen molar-refractivity contribution in [2.45, 2.75) is 51.6 Å². The Morgan fingerprint density at radius 1 is 1.33 bits per heavy atom. The van der Waals surface area contributed by atoms with Gasteiger partial charge < -0.3 is 15.4 Å². The van der Waals surface area contributed by atoms with E-state index in [2.05, 4.69) is 30.9 Å². The van der Waals surface area contributed by atoms with Gasteiger partial charge in [0.05, 0.1) is 7.11 Å². The van der Waals surface area contributed by atoms with E-state index in [1.807, 2.05) is 12.1 Å². The van der Waals surface area contributed by atoms with Crippen LogP contribution in [-0.4, -0.2) is 37.2 Å². The lowest BCUT2D eigenvalue weighted by atomic mass is 9.89. The van der Waals surface area contributed by atoms with E-state index in [0.717, 1.165) is 25.1 Å². The van der Waals surface area contributed by atoms with Gasteiger partial charge in [-0.2, -0.15) is 0 Å². The monoisotopic (exact) mass is 290 g/mol. The topological polar surface area (TPSA) is 38.5 Å². The van der Waals surface area contributed by atoms with E-state index in [4.69, 9.17) is 10.5 Å². The molecule has 21 heavy (non-hydrogen) atoms. The predicted molar refractivity (Wildman–Crippen MR) is 88.7 cm³/mol. The molecule has 0 amide bonds. The van der Waals surface area contributed by atoms with Crippen molar-refractivity contribution in [3.63, 3.8) is 0 Å². The first-order chi connectivity index (χ1) is 10.1. The van der Waals surface area contributed by atoms with Gasteiger partial charge in [-0.1, -0.05) is 25.5 Å². The molecule has 1 aromatic carbocycles. The zero-order valence-corrected chi connectivity index (χ0v) is 13.7. The molecule has 3 heteroatoms. The first kappa shape index (κ1) is 16.3. The van der Waals surface area contributed by atoms with Crippen molar-refractivity contribution in [1.29, 1.82) is 0 Å². The van der Waals surface area contributed by atoms with Gasteiger partial charge in [0.15, 0.2) is 0 Å². The number of nitrogens with zero attached hydrogens (tertiary/aromatic N) is 1. The summed E-state index contributed by atoms with van der Waals surface area (Å²) in [5.41, 5.74) is 7.60. The van der Waals surface area contributed by atoms with Crippen molar-refractivity contribution >= 4 is 0 Å². The third-order valence-corrected chi connectivity index (χ3v) is 4.98. The van der Waals surface area contributed by atoms with Crippen LogP contribution < -0.4 is 10.5 Å². The number of hydrogen-bond acceptors (Lipinski definition) is 3. The maximum atomic E-state index is 6.21. The number of piperidine rings is 1. The molecule has 0 bridgehead atoms. The molecule has 3 unspecified atom stereocenters. The highest BCUT2D eigenvalue weighted by molar-refractivity contribution is 5.27. The van der Waals surface area contributed by atoms with E-state index in [1.54, 1.807) is 7.11 Å². The van der Waals surface area contributed by atoms with Crippen LogP contribution in [0, 0.1) is 5.92 Å². The van der Waals surface area contributed by atoms with Gasteiger partial charge in [0.2, 0.25) is 0 Å². The molecule has 1 saturated heterocycles. The molecule has 1 aliphatic rings. The Hall–Kier alpha value is -1.06. The molecular formula is C18H30N2O. The molecule has 0 spiro atoms. The summed E-state index contributed by atoms with van der Waals surface area (Å²) >= 11 is 0. The average Bonchev–Trinajstić information content (AvgIpc) is 2.53. The molecule has 1 fully saturated rings. The molecular weight excluding hydrogens is 260 g/mol. The quantitative estimate of drug-likeness (QED) is 0.875. The standard InChI is InChI=1S/C18H30N2O/c1-4-16-13-20(12-11-18(16)19)14(2)5-6-15-7-9-17(21-3)10-8-15/h7-10,14,16,18H,4-6,11-13,19H2,1-3H3. The molecule has 2 N–H and O–H groups in total. The van der Waals surface area contributed by atoms with E-state index in [9.17, 15) is 0 Å². The van der Waals surface area contributed by atoms with Gasteiger partial charge in [-0.05, 0) is 56.3 Å². The number of aryl methyl sites for hydroxylation is 1. The fourth-order valence-electron chi connectivity index (χ4n) is 3.26. The van der Waals surface area contributed by atoms with Crippen LogP contribution in [-0.2, 0) is 6.42 Å². The van der Waals surface area contributed by atoms with Crippen molar-refractivity contribution in [1.82, 2.24) is 4.90 Å². The van der Waals surface area contributed by atoms with Crippen LogP contribution in [0.4, 0.5) is 0 Å². The minimum Gasteiger partial charge on any atom is -0.497 e. The lowest BCUT2D eigenvalue weighted by molar-refractivity contribution is 0.110. The number of ether oxygens (including phenoxy) is 1. The van der Waals surface area contributed by atoms with Gasteiger partial charge in [0.1, 0.15) is 5.75 Å². The van der Waals surface area contributed by atoms with E-state index in [-0.39, 0.29) is 0 Å². The van der Waals surface area contributed by atoms with Gasteiger partial charge >= 0.3 is 0 Å². The fraction of sp³-hybridized carbons (Fsp3) is 0.667. The van der Waals surface area contributed by atoms with E-state index < -0.39 is 0 Å². The van der Waals surface area contributed by atoms with Crippen molar-refractivity contribution in [2.24, 2.45) is 11.7 Å². The van der Waals surface area contributed by atoms with Crippen LogP contribution in [0.3, 0.4) is 0 Å². The Labute approximate surface area is 129 Å². The lowest BCUT2D eigenvalue weighted by Gasteiger charge is -2.40. The summed E-state index contributed by atoms with van der Waals surface area (Å²) in [6, 6.07) is 9.48. The third-order valence-electron chi connectivity index (χ3n) is 4.98. The highest BCUT2D eigenvalue weighted by Crippen LogP contribution is 2.22. The molecule has 1 heterocycles. The summed E-state index contributed by atoms with van der Waals surface area (Å²) in [6.07, 6.45) is 4.68. The van der Waals surface area contributed by atoms with E-state index in [1.165, 1.54) is 24.9 Å². The van der Waals surface area contributed by atoms with Crippen molar-refractivity contribution in [3.05, 3.63) is 29.8 Å². The SMILES string of the molecule is CCC1CN(C(C)CCc2ccc(OC)cc2)CCC1N. The summed E-state index contributed by atoms with van der Waals surface area (Å²) in [4.78, 5) is 2.63. The zero-order valence-electron chi connectivity index (χ0n) is 13.7. The molecule has 1 aliphatic heterocycles. The molecule has 0 aliphatic carbocycles. The minimum atomic E-state index is 0.403.